The fourth-order valence-electron chi connectivity index (χ4n) is 1.77. The molecule has 0 spiro atoms. The highest BCUT2D eigenvalue weighted by Gasteiger charge is 2.14. The van der Waals surface area contributed by atoms with Crippen LogP contribution in [0.5, 0.6) is 0 Å². The molecule has 1 aliphatic heterocycles. The normalized spacial score (nSPS) is 16.7. The fraction of sp³-hybridized carbons (Fsp3) is 0.545. The molecule has 92 valence electrons. The molecule has 0 atom stereocenters. The molecule has 0 aliphatic carbocycles. The standard InChI is InChI=1S/C11H15N3O3/c15-11(16)9-5-10(14-7-13-9)12-6-8-1-3-17-4-2-8/h5,7-8H,1-4,6H2,(H,15,16)(H,12,13,14). The average Bonchev–Trinajstić information content (AvgIpc) is 2.38. The number of carbonyl (C=O) groups is 1. The van der Waals surface area contributed by atoms with Crippen LogP contribution in [0.1, 0.15) is 23.3 Å². The number of rotatable bonds is 4. The Hall–Kier alpha value is -1.69. The summed E-state index contributed by atoms with van der Waals surface area (Å²) in [6, 6.07) is 1.45. The summed E-state index contributed by atoms with van der Waals surface area (Å²) in [6.07, 6.45) is 3.32. The lowest BCUT2D eigenvalue weighted by Crippen LogP contribution is -2.23. The van der Waals surface area contributed by atoms with Crippen molar-refractivity contribution in [2.45, 2.75) is 12.8 Å². The van der Waals surface area contributed by atoms with E-state index in [9.17, 15) is 4.79 Å². The Bertz CT molecular complexity index is 391. The maximum atomic E-state index is 10.7. The molecule has 1 aliphatic rings. The second-order valence-electron chi connectivity index (χ2n) is 4.03. The number of carboxylic acid groups (broad SMARTS) is 1. The molecular formula is C11H15N3O3. The van der Waals surface area contributed by atoms with Crippen LogP contribution in [0.25, 0.3) is 0 Å². The van der Waals surface area contributed by atoms with E-state index in [1.54, 1.807) is 0 Å². The third kappa shape index (κ3) is 3.39. The maximum absolute atomic E-state index is 10.7. The van der Waals surface area contributed by atoms with Gasteiger partial charge in [-0.25, -0.2) is 14.8 Å². The van der Waals surface area contributed by atoms with Gasteiger partial charge >= 0.3 is 5.97 Å². The number of hydrogen-bond donors (Lipinski definition) is 2. The average molecular weight is 237 g/mol. The molecule has 0 saturated carbocycles. The Morgan fingerprint density at radius 3 is 2.94 bits per heavy atom. The third-order valence-electron chi connectivity index (χ3n) is 2.80. The van der Waals surface area contributed by atoms with Crippen molar-refractivity contribution in [3.05, 3.63) is 18.1 Å². The van der Waals surface area contributed by atoms with Gasteiger partial charge in [0.05, 0.1) is 0 Å². The topological polar surface area (TPSA) is 84.3 Å². The van der Waals surface area contributed by atoms with E-state index in [4.69, 9.17) is 9.84 Å². The van der Waals surface area contributed by atoms with Crippen LogP contribution >= 0.6 is 0 Å². The summed E-state index contributed by atoms with van der Waals surface area (Å²) >= 11 is 0. The number of aromatic carboxylic acids is 1. The highest BCUT2D eigenvalue weighted by molar-refractivity contribution is 5.85. The van der Waals surface area contributed by atoms with Gasteiger partial charge in [0.15, 0.2) is 5.69 Å². The molecular weight excluding hydrogens is 222 g/mol. The van der Waals surface area contributed by atoms with E-state index in [1.165, 1.54) is 12.4 Å². The number of carboxylic acids is 1. The van der Waals surface area contributed by atoms with Gasteiger partial charge in [-0.1, -0.05) is 0 Å². The van der Waals surface area contributed by atoms with Crippen molar-refractivity contribution in [3.63, 3.8) is 0 Å². The van der Waals surface area contributed by atoms with Crippen LogP contribution < -0.4 is 5.32 Å². The highest BCUT2D eigenvalue weighted by Crippen LogP contribution is 2.15. The molecule has 17 heavy (non-hydrogen) atoms. The van der Waals surface area contributed by atoms with Gasteiger partial charge in [-0.15, -0.1) is 0 Å². The molecule has 1 saturated heterocycles. The SMILES string of the molecule is O=C(O)c1cc(NCC2CCOCC2)ncn1. The zero-order chi connectivity index (χ0) is 12.1. The van der Waals surface area contributed by atoms with E-state index in [1.807, 2.05) is 0 Å². The number of aromatic nitrogens is 2. The fourth-order valence-corrected chi connectivity index (χ4v) is 1.77. The highest BCUT2D eigenvalue weighted by atomic mass is 16.5. The predicted molar refractivity (Wildman–Crippen MR) is 61.0 cm³/mol. The number of nitrogens with zero attached hydrogens (tertiary/aromatic N) is 2. The summed E-state index contributed by atoms with van der Waals surface area (Å²) in [5.41, 5.74) is 0.00878. The van der Waals surface area contributed by atoms with Crippen LogP contribution in [0.2, 0.25) is 0 Å². The van der Waals surface area contributed by atoms with Crippen molar-refractivity contribution in [1.29, 1.82) is 0 Å². The first-order chi connectivity index (χ1) is 8.25. The van der Waals surface area contributed by atoms with E-state index in [2.05, 4.69) is 15.3 Å². The van der Waals surface area contributed by atoms with Crippen LogP contribution in [0.15, 0.2) is 12.4 Å². The molecule has 6 heteroatoms. The van der Waals surface area contributed by atoms with Crippen molar-refractivity contribution in [2.24, 2.45) is 5.92 Å². The van der Waals surface area contributed by atoms with Gasteiger partial charge in [-0.05, 0) is 18.8 Å². The van der Waals surface area contributed by atoms with Crippen molar-refractivity contribution in [1.82, 2.24) is 9.97 Å². The zero-order valence-corrected chi connectivity index (χ0v) is 9.43. The second kappa shape index (κ2) is 5.58. The smallest absolute Gasteiger partial charge is 0.354 e. The number of nitrogens with one attached hydrogen (secondary N) is 1. The predicted octanol–water partition coefficient (Wildman–Crippen LogP) is 1.01. The molecule has 1 fully saturated rings. The van der Waals surface area contributed by atoms with Crippen LogP contribution in [-0.4, -0.2) is 40.8 Å². The first-order valence-electron chi connectivity index (χ1n) is 5.62. The molecule has 2 N–H and O–H groups in total. The van der Waals surface area contributed by atoms with Crippen molar-refractivity contribution in [2.75, 3.05) is 25.1 Å². The van der Waals surface area contributed by atoms with Gasteiger partial charge in [0, 0.05) is 25.8 Å². The van der Waals surface area contributed by atoms with Crippen LogP contribution in [0.4, 0.5) is 5.82 Å². The van der Waals surface area contributed by atoms with Crippen LogP contribution in [-0.2, 0) is 4.74 Å². The lowest BCUT2D eigenvalue weighted by Gasteiger charge is -2.22. The second-order valence-corrected chi connectivity index (χ2v) is 4.03. The minimum Gasteiger partial charge on any atom is -0.477 e. The van der Waals surface area contributed by atoms with Gasteiger partial charge in [-0.3, -0.25) is 0 Å². The Morgan fingerprint density at radius 1 is 1.47 bits per heavy atom. The summed E-state index contributed by atoms with van der Waals surface area (Å²) in [4.78, 5) is 18.4. The molecule has 0 unspecified atom stereocenters. The van der Waals surface area contributed by atoms with Crippen LogP contribution in [0.3, 0.4) is 0 Å². The summed E-state index contributed by atoms with van der Waals surface area (Å²) in [5.74, 6) is 0.0809. The van der Waals surface area contributed by atoms with E-state index in [0.717, 1.165) is 32.6 Å². The molecule has 2 heterocycles. The minimum absolute atomic E-state index is 0.00878. The Kier molecular flexibility index (Phi) is 3.87. The monoisotopic (exact) mass is 237 g/mol. The van der Waals surface area contributed by atoms with Crippen LogP contribution in [0, 0.1) is 5.92 Å². The number of ether oxygens (including phenoxy) is 1. The van der Waals surface area contributed by atoms with Crippen molar-refractivity contribution < 1.29 is 14.6 Å². The van der Waals surface area contributed by atoms with Gasteiger partial charge < -0.3 is 15.2 Å². The van der Waals surface area contributed by atoms with E-state index in [-0.39, 0.29) is 5.69 Å². The largest absolute Gasteiger partial charge is 0.477 e. The molecule has 6 nitrogen and oxygen atoms in total. The molecule has 2 rings (SSSR count). The van der Waals surface area contributed by atoms with Crippen molar-refractivity contribution >= 4 is 11.8 Å². The Balaban J connectivity index is 1.89. The van der Waals surface area contributed by atoms with Gasteiger partial charge in [0.25, 0.3) is 0 Å². The summed E-state index contributed by atoms with van der Waals surface area (Å²) in [5, 5.41) is 11.9. The third-order valence-corrected chi connectivity index (χ3v) is 2.80. The molecule has 0 radical (unpaired) electrons. The molecule has 0 amide bonds. The summed E-state index contributed by atoms with van der Waals surface area (Å²) in [6.45, 7) is 2.40. The lowest BCUT2D eigenvalue weighted by molar-refractivity contribution is 0.0690. The first-order valence-corrected chi connectivity index (χ1v) is 5.62. The maximum Gasteiger partial charge on any atom is 0.354 e. The zero-order valence-electron chi connectivity index (χ0n) is 9.43. The minimum atomic E-state index is -1.04. The van der Waals surface area contributed by atoms with Crippen molar-refractivity contribution in [3.8, 4) is 0 Å². The number of hydrogen-bond acceptors (Lipinski definition) is 5. The molecule has 0 aromatic carbocycles. The van der Waals surface area contributed by atoms with Gasteiger partial charge in [-0.2, -0.15) is 0 Å². The summed E-state index contributed by atoms with van der Waals surface area (Å²) < 4.78 is 5.27. The van der Waals surface area contributed by atoms with E-state index < -0.39 is 5.97 Å². The lowest BCUT2D eigenvalue weighted by atomic mass is 10.0. The number of anilines is 1. The first kappa shape index (κ1) is 11.8. The Labute approximate surface area is 99.0 Å². The van der Waals surface area contributed by atoms with Gasteiger partial charge in [0.1, 0.15) is 12.1 Å². The molecule has 0 bridgehead atoms. The quantitative estimate of drug-likeness (QED) is 0.813. The summed E-state index contributed by atoms with van der Waals surface area (Å²) in [7, 11) is 0. The molecule has 1 aromatic heterocycles. The Morgan fingerprint density at radius 2 is 2.24 bits per heavy atom. The van der Waals surface area contributed by atoms with E-state index >= 15 is 0 Å². The van der Waals surface area contributed by atoms with E-state index in [0.29, 0.717) is 11.7 Å². The molecule has 1 aromatic rings. The van der Waals surface area contributed by atoms with Gasteiger partial charge in [0.2, 0.25) is 0 Å².